The van der Waals surface area contributed by atoms with Gasteiger partial charge in [0.1, 0.15) is 25.1 Å². The van der Waals surface area contributed by atoms with Crippen LogP contribution in [0.4, 0.5) is 0 Å². The van der Waals surface area contributed by atoms with E-state index in [9.17, 15) is 9.59 Å². The highest BCUT2D eigenvalue weighted by atomic mass is 16.6. The maximum atomic E-state index is 12.5. The molecule has 0 aliphatic carbocycles. The largest absolute Gasteiger partial charge is 0.494 e. The van der Waals surface area contributed by atoms with E-state index < -0.39 is 11.8 Å². The Morgan fingerprint density at radius 2 is 2.08 bits per heavy atom. The molecule has 0 atom stereocenters. The minimum absolute atomic E-state index is 0.0484. The van der Waals surface area contributed by atoms with Crippen LogP contribution in [0.1, 0.15) is 12.0 Å². The fourth-order valence-corrected chi connectivity index (χ4v) is 3.18. The number of fused-ring (bicyclic) bond motifs is 1. The summed E-state index contributed by atoms with van der Waals surface area (Å²) in [5.41, 5.74) is 1.69. The molecule has 8 nitrogen and oxygen atoms in total. The Labute approximate surface area is 148 Å². The van der Waals surface area contributed by atoms with Gasteiger partial charge in [0, 0.05) is 36.5 Å². The summed E-state index contributed by atoms with van der Waals surface area (Å²) in [6.07, 6.45) is 5.36. The predicted octanol–water partition coefficient (Wildman–Crippen LogP) is 0.717. The first kappa shape index (κ1) is 16.3. The van der Waals surface area contributed by atoms with Gasteiger partial charge in [-0.15, -0.1) is 0 Å². The van der Waals surface area contributed by atoms with Gasteiger partial charge in [-0.25, -0.2) is 4.98 Å². The lowest BCUT2D eigenvalue weighted by molar-refractivity contribution is -0.123. The summed E-state index contributed by atoms with van der Waals surface area (Å²) >= 11 is 0. The Bertz CT molecular complexity index is 957. The van der Waals surface area contributed by atoms with Gasteiger partial charge in [-0.2, -0.15) is 0 Å². The molecule has 0 saturated heterocycles. The molecular formula is C18H17N3O5. The van der Waals surface area contributed by atoms with Gasteiger partial charge in [0.05, 0.1) is 11.1 Å². The van der Waals surface area contributed by atoms with Crippen LogP contribution in [0.5, 0.6) is 0 Å². The van der Waals surface area contributed by atoms with Crippen LogP contribution in [0.25, 0.3) is 16.6 Å². The number of amides is 2. The first-order valence-corrected chi connectivity index (χ1v) is 8.30. The van der Waals surface area contributed by atoms with E-state index in [2.05, 4.69) is 10.3 Å². The standard InChI is InChI=1S/C18H17N3O5/c22-6-2-5-21-9-12(11-3-1-4-19-16(11)21)14-15(18(24)20-17(14)23)13-10-25-7-8-26-13/h1,3-4,9-10,22H,2,5-8H2,(H,20,23,24). The van der Waals surface area contributed by atoms with Crippen LogP contribution in [0.15, 0.2) is 42.1 Å². The van der Waals surface area contributed by atoms with E-state index in [1.807, 2.05) is 10.6 Å². The Balaban J connectivity index is 1.92. The Hall–Kier alpha value is -3.13. The Morgan fingerprint density at radius 3 is 2.85 bits per heavy atom. The molecule has 0 saturated carbocycles. The maximum Gasteiger partial charge on any atom is 0.262 e. The maximum absolute atomic E-state index is 12.5. The first-order chi connectivity index (χ1) is 12.7. The van der Waals surface area contributed by atoms with Crippen molar-refractivity contribution >= 4 is 28.4 Å². The van der Waals surface area contributed by atoms with E-state index in [-0.39, 0.29) is 23.5 Å². The summed E-state index contributed by atoms with van der Waals surface area (Å²) in [4.78, 5) is 29.3. The second-order valence-corrected chi connectivity index (χ2v) is 5.92. The van der Waals surface area contributed by atoms with E-state index in [1.54, 1.807) is 18.5 Å². The number of nitrogens with zero attached hydrogens (tertiary/aromatic N) is 2. The van der Waals surface area contributed by atoms with Crippen LogP contribution in [-0.2, 0) is 25.6 Å². The molecule has 8 heteroatoms. The summed E-state index contributed by atoms with van der Waals surface area (Å²) in [6, 6.07) is 3.62. The summed E-state index contributed by atoms with van der Waals surface area (Å²) in [6.45, 7) is 1.30. The third-order valence-electron chi connectivity index (χ3n) is 4.29. The average Bonchev–Trinajstić information content (AvgIpc) is 3.17. The zero-order chi connectivity index (χ0) is 18.1. The number of pyridine rings is 1. The Morgan fingerprint density at radius 1 is 1.23 bits per heavy atom. The lowest BCUT2D eigenvalue weighted by atomic mass is 10.0. The summed E-state index contributed by atoms with van der Waals surface area (Å²) in [5.74, 6) is -0.748. The van der Waals surface area contributed by atoms with E-state index in [0.717, 1.165) is 5.39 Å². The van der Waals surface area contributed by atoms with Crippen LogP contribution in [0.2, 0.25) is 0 Å². The van der Waals surface area contributed by atoms with Crippen molar-refractivity contribution in [1.29, 1.82) is 0 Å². The summed E-state index contributed by atoms with van der Waals surface area (Å²) in [7, 11) is 0. The molecule has 4 heterocycles. The van der Waals surface area contributed by atoms with E-state index in [4.69, 9.17) is 14.6 Å². The van der Waals surface area contributed by atoms with Crippen molar-refractivity contribution in [3.05, 3.63) is 47.7 Å². The summed E-state index contributed by atoms with van der Waals surface area (Å²) < 4.78 is 12.6. The van der Waals surface area contributed by atoms with Gasteiger partial charge < -0.3 is 19.1 Å². The number of hydrogen-bond acceptors (Lipinski definition) is 6. The highest BCUT2D eigenvalue weighted by Gasteiger charge is 2.36. The van der Waals surface area contributed by atoms with Gasteiger partial charge in [0.2, 0.25) is 0 Å². The lowest BCUT2D eigenvalue weighted by Crippen LogP contribution is -2.24. The third kappa shape index (κ3) is 2.64. The number of hydrogen-bond donors (Lipinski definition) is 2. The molecule has 4 rings (SSSR count). The number of aliphatic hydroxyl groups excluding tert-OH is 1. The van der Waals surface area contributed by atoms with Crippen molar-refractivity contribution in [1.82, 2.24) is 14.9 Å². The van der Waals surface area contributed by atoms with Gasteiger partial charge in [-0.1, -0.05) is 0 Å². The van der Waals surface area contributed by atoms with Crippen molar-refractivity contribution in [3.63, 3.8) is 0 Å². The number of aromatic nitrogens is 2. The van der Waals surface area contributed by atoms with Crippen molar-refractivity contribution in [3.8, 4) is 0 Å². The molecule has 0 unspecified atom stereocenters. The van der Waals surface area contributed by atoms with Crippen LogP contribution >= 0.6 is 0 Å². The molecule has 2 aliphatic rings. The molecule has 0 fully saturated rings. The van der Waals surface area contributed by atoms with Crippen molar-refractivity contribution in [2.75, 3.05) is 19.8 Å². The molecule has 2 aromatic rings. The number of nitrogens with one attached hydrogen (secondary N) is 1. The normalized spacial score (nSPS) is 17.2. The number of carbonyl (C=O) groups is 2. The molecule has 26 heavy (non-hydrogen) atoms. The molecular weight excluding hydrogens is 338 g/mol. The van der Waals surface area contributed by atoms with Gasteiger partial charge in [-0.3, -0.25) is 14.9 Å². The molecule has 2 aromatic heterocycles. The average molecular weight is 355 g/mol. The van der Waals surface area contributed by atoms with Gasteiger partial charge >= 0.3 is 0 Å². The molecule has 2 N–H and O–H groups in total. The molecule has 134 valence electrons. The van der Waals surface area contributed by atoms with Crippen LogP contribution in [0, 0.1) is 0 Å². The van der Waals surface area contributed by atoms with Gasteiger partial charge in [0.15, 0.2) is 5.76 Å². The molecule has 2 amide bonds. The zero-order valence-corrected chi connectivity index (χ0v) is 13.9. The number of carbonyl (C=O) groups excluding carboxylic acids is 2. The smallest absolute Gasteiger partial charge is 0.262 e. The third-order valence-corrected chi connectivity index (χ3v) is 4.29. The highest BCUT2D eigenvalue weighted by Crippen LogP contribution is 2.34. The van der Waals surface area contributed by atoms with Gasteiger partial charge in [-0.05, 0) is 18.6 Å². The SMILES string of the molecule is O=C1NC(=O)C(c2cn(CCCO)c3ncccc23)=C1C1=COCCO1. The highest BCUT2D eigenvalue weighted by molar-refractivity contribution is 6.38. The second-order valence-electron chi connectivity index (χ2n) is 5.92. The quantitative estimate of drug-likeness (QED) is 0.766. The number of aryl methyl sites for hydroxylation is 1. The first-order valence-electron chi connectivity index (χ1n) is 8.30. The van der Waals surface area contributed by atoms with E-state index >= 15 is 0 Å². The Kier molecular flexibility index (Phi) is 4.18. The molecule has 0 aromatic carbocycles. The number of ether oxygens (including phenoxy) is 2. The van der Waals surface area contributed by atoms with Crippen LogP contribution < -0.4 is 5.32 Å². The fourth-order valence-electron chi connectivity index (χ4n) is 3.18. The number of rotatable bonds is 5. The van der Waals surface area contributed by atoms with Crippen LogP contribution in [0.3, 0.4) is 0 Å². The van der Waals surface area contributed by atoms with E-state index in [1.165, 1.54) is 6.26 Å². The van der Waals surface area contributed by atoms with Crippen LogP contribution in [-0.4, -0.2) is 46.3 Å². The molecule has 0 bridgehead atoms. The van der Waals surface area contributed by atoms with Crippen molar-refractivity contribution in [2.24, 2.45) is 0 Å². The molecule has 0 radical (unpaired) electrons. The second kappa shape index (κ2) is 6.64. The molecule has 2 aliphatic heterocycles. The van der Waals surface area contributed by atoms with Crippen molar-refractivity contribution in [2.45, 2.75) is 13.0 Å². The molecule has 0 spiro atoms. The fraction of sp³-hybridized carbons (Fsp3) is 0.278. The predicted molar refractivity (Wildman–Crippen MR) is 91.5 cm³/mol. The zero-order valence-electron chi connectivity index (χ0n) is 13.9. The number of aliphatic hydroxyl groups is 1. The monoisotopic (exact) mass is 355 g/mol. The topological polar surface area (TPSA) is 103 Å². The lowest BCUT2D eigenvalue weighted by Gasteiger charge is -2.15. The minimum atomic E-state index is -0.512. The van der Waals surface area contributed by atoms with Gasteiger partial charge in [0.25, 0.3) is 11.8 Å². The summed E-state index contributed by atoms with van der Waals surface area (Å²) in [5, 5.41) is 12.2. The van der Waals surface area contributed by atoms with E-state index in [0.29, 0.717) is 37.4 Å². The number of imide groups is 1. The van der Waals surface area contributed by atoms with Crippen molar-refractivity contribution < 1.29 is 24.2 Å². The minimum Gasteiger partial charge on any atom is -0.494 e.